The van der Waals surface area contributed by atoms with Crippen LogP contribution in [0, 0.1) is 10.1 Å². The standard InChI is InChI=1S/C11H17N3O5S/c1-2-5-13(6-7-15)20(18,19)11-4-3-9(14(16)17)8-10(11)12/h3-4,8,15H,2,5-7,12H2,1H3. The summed E-state index contributed by atoms with van der Waals surface area (Å²) in [5.74, 6) is 0. The van der Waals surface area contributed by atoms with Gasteiger partial charge < -0.3 is 10.8 Å². The molecule has 0 amide bonds. The van der Waals surface area contributed by atoms with Gasteiger partial charge in [0, 0.05) is 25.2 Å². The molecule has 112 valence electrons. The van der Waals surface area contributed by atoms with Gasteiger partial charge in [-0.1, -0.05) is 6.92 Å². The molecule has 8 nitrogen and oxygen atoms in total. The van der Waals surface area contributed by atoms with Crippen molar-refractivity contribution in [1.82, 2.24) is 4.31 Å². The van der Waals surface area contributed by atoms with E-state index in [1.165, 1.54) is 0 Å². The van der Waals surface area contributed by atoms with Crippen LogP contribution in [0.25, 0.3) is 0 Å². The molecule has 0 fully saturated rings. The lowest BCUT2D eigenvalue weighted by molar-refractivity contribution is -0.384. The Kier molecular flexibility index (Phi) is 5.43. The highest BCUT2D eigenvalue weighted by Crippen LogP contribution is 2.26. The van der Waals surface area contributed by atoms with Crippen LogP contribution in [0.1, 0.15) is 13.3 Å². The molecule has 0 heterocycles. The van der Waals surface area contributed by atoms with Crippen LogP contribution in [0.3, 0.4) is 0 Å². The van der Waals surface area contributed by atoms with Gasteiger partial charge in [0.15, 0.2) is 0 Å². The lowest BCUT2D eigenvalue weighted by Crippen LogP contribution is -2.34. The van der Waals surface area contributed by atoms with Crippen molar-refractivity contribution in [3.05, 3.63) is 28.3 Å². The van der Waals surface area contributed by atoms with E-state index in [0.717, 1.165) is 22.5 Å². The topological polar surface area (TPSA) is 127 Å². The second-order valence-electron chi connectivity index (χ2n) is 4.11. The number of nitrogens with zero attached hydrogens (tertiary/aromatic N) is 2. The van der Waals surface area contributed by atoms with Crippen molar-refractivity contribution in [3.8, 4) is 0 Å². The highest BCUT2D eigenvalue weighted by atomic mass is 32.2. The van der Waals surface area contributed by atoms with E-state index in [1.54, 1.807) is 6.92 Å². The maximum absolute atomic E-state index is 12.4. The molecular weight excluding hydrogens is 286 g/mol. The van der Waals surface area contributed by atoms with Crippen LogP contribution >= 0.6 is 0 Å². The highest BCUT2D eigenvalue weighted by molar-refractivity contribution is 7.89. The predicted molar refractivity (Wildman–Crippen MR) is 73.6 cm³/mol. The third-order valence-corrected chi connectivity index (χ3v) is 4.62. The molecule has 0 saturated heterocycles. The number of anilines is 1. The van der Waals surface area contributed by atoms with Crippen LogP contribution in [-0.2, 0) is 10.0 Å². The number of rotatable bonds is 7. The van der Waals surface area contributed by atoms with Gasteiger partial charge in [-0.05, 0) is 12.5 Å². The van der Waals surface area contributed by atoms with Crippen molar-refractivity contribution in [2.45, 2.75) is 18.2 Å². The first-order valence-electron chi connectivity index (χ1n) is 5.99. The summed E-state index contributed by atoms with van der Waals surface area (Å²) in [7, 11) is -3.87. The van der Waals surface area contributed by atoms with Crippen LogP contribution in [-0.4, -0.2) is 42.4 Å². The number of sulfonamides is 1. The normalized spacial score (nSPS) is 11.8. The van der Waals surface area contributed by atoms with Gasteiger partial charge in [0.25, 0.3) is 5.69 Å². The molecule has 1 rings (SSSR count). The number of aliphatic hydroxyl groups excluding tert-OH is 1. The quantitative estimate of drug-likeness (QED) is 0.430. The SMILES string of the molecule is CCCN(CCO)S(=O)(=O)c1ccc([N+](=O)[O-])cc1N. The summed E-state index contributed by atoms with van der Waals surface area (Å²) in [6, 6.07) is 3.21. The van der Waals surface area contributed by atoms with Gasteiger partial charge in [-0.25, -0.2) is 8.42 Å². The summed E-state index contributed by atoms with van der Waals surface area (Å²) < 4.78 is 25.9. The van der Waals surface area contributed by atoms with Crippen molar-refractivity contribution in [3.63, 3.8) is 0 Å². The van der Waals surface area contributed by atoms with Gasteiger partial charge in [0.2, 0.25) is 10.0 Å². The van der Waals surface area contributed by atoms with Crippen LogP contribution in [0.5, 0.6) is 0 Å². The third kappa shape index (κ3) is 3.44. The van der Waals surface area contributed by atoms with Crippen molar-refractivity contribution < 1.29 is 18.4 Å². The second-order valence-corrected chi connectivity index (χ2v) is 6.01. The molecule has 0 atom stereocenters. The van der Waals surface area contributed by atoms with E-state index < -0.39 is 14.9 Å². The zero-order chi connectivity index (χ0) is 15.3. The number of nitro groups is 1. The second kappa shape index (κ2) is 6.64. The Bertz CT molecular complexity index is 582. The zero-order valence-corrected chi connectivity index (χ0v) is 11.8. The van der Waals surface area contributed by atoms with Crippen LogP contribution in [0.15, 0.2) is 23.1 Å². The fourth-order valence-corrected chi connectivity index (χ4v) is 3.36. The average Bonchev–Trinajstić information content (AvgIpc) is 2.37. The molecule has 0 bridgehead atoms. The number of non-ortho nitro benzene ring substituents is 1. The Balaban J connectivity index is 3.23. The van der Waals surface area contributed by atoms with E-state index in [2.05, 4.69) is 0 Å². The smallest absolute Gasteiger partial charge is 0.271 e. The van der Waals surface area contributed by atoms with Crippen LogP contribution in [0.4, 0.5) is 11.4 Å². The zero-order valence-electron chi connectivity index (χ0n) is 11.0. The van der Waals surface area contributed by atoms with E-state index in [-0.39, 0.29) is 36.0 Å². The Morgan fingerprint density at radius 3 is 2.50 bits per heavy atom. The Morgan fingerprint density at radius 2 is 2.05 bits per heavy atom. The minimum atomic E-state index is -3.87. The summed E-state index contributed by atoms with van der Waals surface area (Å²) in [6.45, 7) is 1.68. The van der Waals surface area contributed by atoms with E-state index in [4.69, 9.17) is 10.8 Å². The molecule has 0 aliphatic rings. The van der Waals surface area contributed by atoms with Gasteiger partial charge in [0.05, 0.1) is 17.2 Å². The molecule has 0 saturated carbocycles. The summed E-state index contributed by atoms with van der Waals surface area (Å²) >= 11 is 0. The fourth-order valence-electron chi connectivity index (χ4n) is 1.74. The summed E-state index contributed by atoms with van der Waals surface area (Å²) in [5, 5.41) is 19.5. The van der Waals surface area contributed by atoms with Crippen molar-refractivity contribution >= 4 is 21.4 Å². The maximum Gasteiger partial charge on any atom is 0.271 e. The summed E-state index contributed by atoms with van der Waals surface area (Å²) in [4.78, 5) is 9.77. The molecule has 3 N–H and O–H groups in total. The van der Waals surface area contributed by atoms with Gasteiger partial charge in [0.1, 0.15) is 4.90 Å². The minimum absolute atomic E-state index is 0.0490. The van der Waals surface area contributed by atoms with Gasteiger partial charge in [-0.3, -0.25) is 10.1 Å². The first-order valence-corrected chi connectivity index (χ1v) is 7.43. The van der Waals surface area contributed by atoms with Crippen LogP contribution in [0.2, 0.25) is 0 Å². The lowest BCUT2D eigenvalue weighted by atomic mass is 10.3. The minimum Gasteiger partial charge on any atom is -0.397 e. The van der Waals surface area contributed by atoms with Crippen molar-refractivity contribution in [1.29, 1.82) is 0 Å². The van der Waals surface area contributed by atoms with Gasteiger partial charge in [-0.15, -0.1) is 0 Å². The van der Waals surface area contributed by atoms with Gasteiger partial charge >= 0.3 is 0 Å². The Labute approximate surface area is 117 Å². The number of nitrogen functional groups attached to an aromatic ring is 1. The van der Waals surface area contributed by atoms with Crippen LogP contribution < -0.4 is 5.73 Å². The molecule has 0 unspecified atom stereocenters. The molecule has 1 aromatic carbocycles. The summed E-state index contributed by atoms with van der Waals surface area (Å²) in [6.07, 6.45) is 0.576. The number of nitro benzene ring substituents is 1. The molecule has 0 aliphatic heterocycles. The van der Waals surface area contributed by atoms with E-state index >= 15 is 0 Å². The molecule has 0 radical (unpaired) electrons. The van der Waals surface area contributed by atoms with E-state index in [1.807, 2.05) is 0 Å². The molecule has 1 aromatic rings. The first kappa shape index (κ1) is 16.3. The van der Waals surface area contributed by atoms with Crippen molar-refractivity contribution in [2.24, 2.45) is 0 Å². The Hall–Kier alpha value is -1.71. The third-order valence-electron chi connectivity index (χ3n) is 2.64. The fraction of sp³-hybridized carbons (Fsp3) is 0.455. The number of hydrogen-bond donors (Lipinski definition) is 2. The number of hydrogen-bond acceptors (Lipinski definition) is 6. The summed E-state index contributed by atoms with van der Waals surface area (Å²) in [5.41, 5.74) is 5.15. The molecular formula is C11H17N3O5S. The maximum atomic E-state index is 12.4. The van der Waals surface area contributed by atoms with E-state index in [0.29, 0.717) is 6.42 Å². The Morgan fingerprint density at radius 1 is 1.40 bits per heavy atom. The number of nitrogens with two attached hydrogens (primary N) is 1. The molecule has 0 aromatic heterocycles. The highest BCUT2D eigenvalue weighted by Gasteiger charge is 2.26. The van der Waals surface area contributed by atoms with Gasteiger partial charge in [-0.2, -0.15) is 4.31 Å². The monoisotopic (exact) mass is 303 g/mol. The number of benzene rings is 1. The molecule has 9 heteroatoms. The van der Waals surface area contributed by atoms with Crippen molar-refractivity contribution in [2.75, 3.05) is 25.4 Å². The molecule has 0 spiro atoms. The first-order chi connectivity index (χ1) is 9.34. The average molecular weight is 303 g/mol. The predicted octanol–water partition coefficient (Wildman–Crippen LogP) is 0.570. The molecule has 20 heavy (non-hydrogen) atoms. The largest absolute Gasteiger partial charge is 0.397 e. The van der Waals surface area contributed by atoms with E-state index in [9.17, 15) is 18.5 Å². The molecule has 0 aliphatic carbocycles. The lowest BCUT2D eigenvalue weighted by Gasteiger charge is -2.21. The number of aliphatic hydroxyl groups is 1.